The molecule has 0 spiro atoms. The lowest BCUT2D eigenvalue weighted by atomic mass is 10.1. The smallest absolute Gasteiger partial charge is 0.0647 e. The van der Waals surface area contributed by atoms with Crippen LogP contribution in [-0.4, -0.2) is 22.9 Å². The van der Waals surface area contributed by atoms with Gasteiger partial charge in [-0.2, -0.15) is 5.10 Å². The van der Waals surface area contributed by atoms with Crippen LogP contribution in [0.4, 0.5) is 0 Å². The first kappa shape index (κ1) is 12.9. The van der Waals surface area contributed by atoms with E-state index in [9.17, 15) is 0 Å². The Balaban J connectivity index is 1.94. The highest BCUT2D eigenvalue weighted by Crippen LogP contribution is 2.28. The van der Waals surface area contributed by atoms with Gasteiger partial charge in [0.25, 0.3) is 0 Å². The van der Waals surface area contributed by atoms with Crippen molar-refractivity contribution >= 4 is 15.9 Å². The van der Waals surface area contributed by atoms with Gasteiger partial charge in [-0.15, -0.1) is 0 Å². The largest absolute Gasteiger partial charge is 0.315 e. The van der Waals surface area contributed by atoms with Crippen LogP contribution in [0.1, 0.15) is 24.6 Å². The van der Waals surface area contributed by atoms with Crippen LogP contribution in [0.3, 0.4) is 0 Å². The maximum absolute atomic E-state index is 4.61. The Morgan fingerprint density at radius 3 is 3.05 bits per heavy atom. The van der Waals surface area contributed by atoms with Crippen LogP contribution in [0, 0.1) is 6.92 Å². The number of benzene rings is 1. The topological polar surface area (TPSA) is 29.9 Å². The highest BCUT2D eigenvalue weighted by Gasteiger charge is 2.19. The summed E-state index contributed by atoms with van der Waals surface area (Å²) in [5.74, 6) is 0. The molecule has 1 unspecified atom stereocenters. The third kappa shape index (κ3) is 2.60. The number of hydrogen-bond acceptors (Lipinski definition) is 2. The SMILES string of the molecule is Cc1c(-c2cccc(Br)c2)cnn1C1CCCNC1. The Labute approximate surface area is 122 Å². The summed E-state index contributed by atoms with van der Waals surface area (Å²) in [6, 6.07) is 8.90. The van der Waals surface area contributed by atoms with Gasteiger partial charge in [-0.3, -0.25) is 4.68 Å². The first-order valence-corrected chi connectivity index (χ1v) is 7.56. The van der Waals surface area contributed by atoms with Gasteiger partial charge >= 0.3 is 0 Å². The molecule has 0 bridgehead atoms. The summed E-state index contributed by atoms with van der Waals surface area (Å²) >= 11 is 3.53. The van der Waals surface area contributed by atoms with E-state index in [1.165, 1.54) is 29.7 Å². The fourth-order valence-corrected chi connectivity index (χ4v) is 3.17. The summed E-state index contributed by atoms with van der Waals surface area (Å²) in [5, 5.41) is 8.06. The molecule has 1 aromatic carbocycles. The van der Waals surface area contributed by atoms with E-state index < -0.39 is 0 Å². The maximum Gasteiger partial charge on any atom is 0.0647 e. The Hall–Kier alpha value is -1.13. The Kier molecular flexibility index (Phi) is 3.71. The number of hydrogen-bond donors (Lipinski definition) is 1. The van der Waals surface area contributed by atoms with Crippen LogP contribution in [0.5, 0.6) is 0 Å². The molecule has 2 heterocycles. The lowest BCUT2D eigenvalue weighted by Crippen LogP contribution is -2.32. The van der Waals surface area contributed by atoms with Crippen molar-refractivity contribution in [2.75, 3.05) is 13.1 Å². The van der Waals surface area contributed by atoms with Crippen LogP contribution < -0.4 is 5.32 Å². The molecule has 2 aromatic rings. The van der Waals surface area contributed by atoms with Gasteiger partial charge in [-0.05, 0) is 44.0 Å². The monoisotopic (exact) mass is 319 g/mol. The van der Waals surface area contributed by atoms with E-state index in [-0.39, 0.29) is 0 Å². The van der Waals surface area contributed by atoms with Crippen molar-refractivity contribution in [2.45, 2.75) is 25.8 Å². The van der Waals surface area contributed by atoms with Gasteiger partial charge in [-0.25, -0.2) is 0 Å². The van der Waals surface area contributed by atoms with Crippen molar-refractivity contribution in [1.29, 1.82) is 0 Å². The minimum absolute atomic E-state index is 0.495. The Morgan fingerprint density at radius 1 is 1.42 bits per heavy atom. The molecule has 1 atom stereocenters. The average molecular weight is 320 g/mol. The summed E-state index contributed by atoms with van der Waals surface area (Å²) in [7, 11) is 0. The van der Waals surface area contributed by atoms with Crippen LogP contribution in [0.15, 0.2) is 34.9 Å². The normalized spacial score (nSPS) is 19.6. The minimum Gasteiger partial charge on any atom is -0.315 e. The molecule has 3 nitrogen and oxygen atoms in total. The second kappa shape index (κ2) is 5.47. The van der Waals surface area contributed by atoms with E-state index in [1.807, 2.05) is 12.3 Å². The molecule has 0 saturated carbocycles. The maximum atomic E-state index is 4.61. The Morgan fingerprint density at radius 2 is 2.32 bits per heavy atom. The number of piperidine rings is 1. The van der Waals surface area contributed by atoms with Crippen molar-refractivity contribution in [2.24, 2.45) is 0 Å². The van der Waals surface area contributed by atoms with Crippen LogP contribution >= 0.6 is 15.9 Å². The van der Waals surface area contributed by atoms with E-state index in [1.54, 1.807) is 0 Å². The van der Waals surface area contributed by atoms with Crippen LogP contribution in [0.2, 0.25) is 0 Å². The van der Waals surface area contributed by atoms with Crippen LogP contribution in [0.25, 0.3) is 11.1 Å². The molecule has 1 aliphatic rings. The van der Waals surface area contributed by atoms with Crippen molar-refractivity contribution in [3.05, 3.63) is 40.6 Å². The second-order valence-corrected chi connectivity index (χ2v) is 6.01. The highest BCUT2D eigenvalue weighted by atomic mass is 79.9. The molecule has 0 radical (unpaired) electrons. The summed E-state index contributed by atoms with van der Waals surface area (Å²) in [6.07, 6.45) is 4.44. The molecule has 1 saturated heterocycles. The average Bonchev–Trinajstić information content (AvgIpc) is 2.81. The van der Waals surface area contributed by atoms with Gasteiger partial charge in [0, 0.05) is 22.3 Å². The fraction of sp³-hybridized carbons (Fsp3) is 0.400. The number of rotatable bonds is 2. The third-order valence-electron chi connectivity index (χ3n) is 3.80. The minimum atomic E-state index is 0.495. The van der Waals surface area contributed by atoms with Gasteiger partial charge in [0.15, 0.2) is 0 Å². The lowest BCUT2D eigenvalue weighted by molar-refractivity contribution is 0.342. The lowest BCUT2D eigenvalue weighted by Gasteiger charge is -2.24. The molecule has 4 heteroatoms. The molecule has 19 heavy (non-hydrogen) atoms. The molecule has 0 aliphatic carbocycles. The third-order valence-corrected chi connectivity index (χ3v) is 4.29. The molecule has 1 fully saturated rings. The first-order chi connectivity index (χ1) is 9.25. The number of halogens is 1. The van der Waals surface area contributed by atoms with Gasteiger partial charge < -0.3 is 5.32 Å². The molecule has 3 rings (SSSR count). The molecule has 100 valence electrons. The predicted molar refractivity (Wildman–Crippen MR) is 81.2 cm³/mol. The van der Waals surface area contributed by atoms with Crippen LogP contribution in [-0.2, 0) is 0 Å². The molecule has 1 N–H and O–H groups in total. The van der Waals surface area contributed by atoms with E-state index >= 15 is 0 Å². The zero-order valence-corrected chi connectivity index (χ0v) is 12.7. The quantitative estimate of drug-likeness (QED) is 0.917. The van der Waals surface area contributed by atoms with Gasteiger partial charge in [0.05, 0.1) is 12.2 Å². The second-order valence-electron chi connectivity index (χ2n) is 5.10. The van der Waals surface area contributed by atoms with Crippen molar-refractivity contribution < 1.29 is 0 Å². The van der Waals surface area contributed by atoms with E-state index in [4.69, 9.17) is 0 Å². The fourth-order valence-electron chi connectivity index (χ4n) is 2.77. The van der Waals surface area contributed by atoms with E-state index in [2.05, 4.69) is 56.2 Å². The molecule has 1 aromatic heterocycles. The van der Waals surface area contributed by atoms with Crippen molar-refractivity contribution in [1.82, 2.24) is 15.1 Å². The van der Waals surface area contributed by atoms with Crippen molar-refractivity contribution in [3.8, 4) is 11.1 Å². The number of nitrogens with zero attached hydrogens (tertiary/aromatic N) is 2. The van der Waals surface area contributed by atoms with Crippen molar-refractivity contribution in [3.63, 3.8) is 0 Å². The van der Waals surface area contributed by atoms with Gasteiger partial charge in [0.2, 0.25) is 0 Å². The molecular formula is C15H18BrN3. The van der Waals surface area contributed by atoms with E-state index in [0.29, 0.717) is 6.04 Å². The van der Waals surface area contributed by atoms with Gasteiger partial charge in [-0.1, -0.05) is 28.1 Å². The predicted octanol–water partition coefficient (Wildman–Crippen LogP) is 3.55. The van der Waals surface area contributed by atoms with E-state index in [0.717, 1.165) is 17.6 Å². The zero-order valence-electron chi connectivity index (χ0n) is 11.1. The highest BCUT2D eigenvalue weighted by molar-refractivity contribution is 9.10. The number of nitrogens with one attached hydrogen (secondary N) is 1. The summed E-state index contributed by atoms with van der Waals surface area (Å²) in [6.45, 7) is 4.33. The molecular weight excluding hydrogens is 302 g/mol. The van der Waals surface area contributed by atoms with Gasteiger partial charge in [0.1, 0.15) is 0 Å². The summed E-state index contributed by atoms with van der Waals surface area (Å²) in [4.78, 5) is 0. The first-order valence-electron chi connectivity index (χ1n) is 6.76. The zero-order chi connectivity index (χ0) is 13.2. The summed E-state index contributed by atoms with van der Waals surface area (Å²) in [5.41, 5.74) is 3.71. The summed E-state index contributed by atoms with van der Waals surface area (Å²) < 4.78 is 3.29. The molecule has 0 amide bonds. The molecule has 1 aliphatic heterocycles. The Bertz CT molecular complexity index is 571. The standard InChI is InChI=1S/C15H18BrN3/c1-11-15(12-4-2-5-13(16)8-12)10-18-19(11)14-6-3-7-17-9-14/h2,4-5,8,10,14,17H,3,6-7,9H2,1H3. The number of aromatic nitrogens is 2.